The molecule has 2 aromatic carbocycles. The highest BCUT2D eigenvalue weighted by Gasteiger charge is 2.20. The number of benzene rings is 2. The van der Waals surface area contributed by atoms with Crippen LogP contribution in [0.2, 0.25) is 0 Å². The van der Waals surface area contributed by atoms with Gasteiger partial charge in [0.05, 0.1) is 19.2 Å². The molecule has 3 aromatic rings. The van der Waals surface area contributed by atoms with Gasteiger partial charge in [0.25, 0.3) is 0 Å². The van der Waals surface area contributed by atoms with Crippen LogP contribution in [-0.2, 0) is 6.54 Å². The molecular formula is C20H23N3O2. The van der Waals surface area contributed by atoms with Crippen LogP contribution in [0.1, 0.15) is 24.8 Å². The van der Waals surface area contributed by atoms with Gasteiger partial charge < -0.3 is 14.4 Å². The van der Waals surface area contributed by atoms with E-state index in [1.165, 1.54) is 0 Å². The summed E-state index contributed by atoms with van der Waals surface area (Å²) in [4.78, 5) is 2.10. The molecule has 0 bridgehead atoms. The van der Waals surface area contributed by atoms with Gasteiger partial charge in [0.15, 0.2) is 0 Å². The van der Waals surface area contributed by atoms with Crippen molar-refractivity contribution < 1.29 is 9.52 Å². The molecular weight excluding hydrogens is 314 g/mol. The Labute approximate surface area is 147 Å². The molecule has 0 aliphatic rings. The second kappa shape index (κ2) is 7.94. The summed E-state index contributed by atoms with van der Waals surface area (Å²) in [6.07, 6.45) is 0.824. The zero-order chi connectivity index (χ0) is 17.6. The lowest BCUT2D eigenvalue weighted by Crippen LogP contribution is -2.37. The van der Waals surface area contributed by atoms with Crippen molar-refractivity contribution in [3.8, 4) is 11.5 Å². The lowest BCUT2D eigenvalue weighted by molar-refractivity contribution is 0.253. The van der Waals surface area contributed by atoms with E-state index in [1.54, 1.807) is 0 Å². The number of aromatic nitrogens is 2. The van der Waals surface area contributed by atoms with E-state index in [4.69, 9.17) is 4.42 Å². The molecule has 0 spiro atoms. The Morgan fingerprint density at radius 1 is 1.08 bits per heavy atom. The molecule has 1 heterocycles. The van der Waals surface area contributed by atoms with Crippen LogP contribution in [0.4, 0.5) is 5.69 Å². The summed E-state index contributed by atoms with van der Waals surface area (Å²) >= 11 is 0. The summed E-state index contributed by atoms with van der Waals surface area (Å²) in [7, 11) is 0. The Bertz CT molecular complexity index is 797. The van der Waals surface area contributed by atoms with Crippen LogP contribution in [0.3, 0.4) is 0 Å². The Kier molecular flexibility index (Phi) is 5.46. The molecule has 130 valence electrons. The summed E-state index contributed by atoms with van der Waals surface area (Å²) in [5, 5.41) is 18.1. The van der Waals surface area contributed by atoms with Crippen LogP contribution < -0.4 is 4.90 Å². The summed E-state index contributed by atoms with van der Waals surface area (Å²) in [6, 6.07) is 18.0. The Morgan fingerprint density at radius 3 is 2.56 bits per heavy atom. The van der Waals surface area contributed by atoms with Crippen molar-refractivity contribution in [2.24, 2.45) is 0 Å². The molecule has 5 heteroatoms. The standard InChI is InChI=1S/C20H23N3O2/c1-3-17(14-24)23(18-10-5-4-6-11-18)13-19-21-22-20(25-19)16-9-7-8-15(2)12-16/h4-12,17,24H,3,13-14H2,1-2H3. The molecule has 0 amide bonds. The highest BCUT2D eigenvalue weighted by Crippen LogP contribution is 2.23. The first-order valence-corrected chi connectivity index (χ1v) is 8.53. The summed E-state index contributed by atoms with van der Waals surface area (Å²) < 4.78 is 5.87. The van der Waals surface area contributed by atoms with E-state index < -0.39 is 0 Å². The molecule has 1 atom stereocenters. The maximum absolute atomic E-state index is 9.74. The van der Waals surface area contributed by atoms with Gasteiger partial charge in [-0.1, -0.05) is 42.8 Å². The molecule has 3 rings (SSSR count). The Morgan fingerprint density at radius 2 is 1.88 bits per heavy atom. The maximum Gasteiger partial charge on any atom is 0.247 e. The molecule has 1 aromatic heterocycles. The second-order valence-electron chi connectivity index (χ2n) is 6.08. The largest absolute Gasteiger partial charge is 0.419 e. The first kappa shape index (κ1) is 17.2. The summed E-state index contributed by atoms with van der Waals surface area (Å²) in [5.74, 6) is 1.05. The number of para-hydroxylation sites is 1. The van der Waals surface area contributed by atoms with Gasteiger partial charge in [-0.2, -0.15) is 0 Å². The fraction of sp³-hybridized carbons (Fsp3) is 0.300. The Balaban J connectivity index is 1.85. The first-order chi connectivity index (χ1) is 12.2. The van der Waals surface area contributed by atoms with Gasteiger partial charge in [0.1, 0.15) is 0 Å². The highest BCUT2D eigenvalue weighted by atomic mass is 16.4. The Hall–Kier alpha value is -2.66. The number of aliphatic hydroxyl groups excluding tert-OH is 1. The molecule has 5 nitrogen and oxygen atoms in total. The predicted molar refractivity (Wildman–Crippen MR) is 98.3 cm³/mol. The second-order valence-corrected chi connectivity index (χ2v) is 6.08. The van der Waals surface area contributed by atoms with Crippen LogP contribution in [-0.4, -0.2) is 28.0 Å². The average Bonchev–Trinajstić information content (AvgIpc) is 3.11. The zero-order valence-corrected chi connectivity index (χ0v) is 14.6. The van der Waals surface area contributed by atoms with E-state index in [9.17, 15) is 5.11 Å². The van der Waals surface area contributed by atoms with E-state index >= 15 is 0 Å². The molecule has 0 saturated carbocycles. The highest BCUT2D eigenvalue weighted by molar-refractivity contribution is 5.53. The molecule has 0 saturated heterocycles. The average molecular weight is 337 g/mol. The fourth-order valence-corrected chi connectivity index (χ4v) is 2.86. The van der Waals surface area contributed by atoms with Gasteiger partial charge in [0, 0.05) is 11.3 Å². The number of aliphatic hydroxyl groups is 1. The lowest BCUT2D eigenvalue weighted by atomic mass is 10.1. The third-order valence-electron chi connectivity index (χ3n) is 4.25. The number of hydrogen-bond acceptors (Lipinski definition) is 5. The first-order valence-electron chi connectivity index (χ1n) is 8.53. The number of hydrogen-bond donors (Lipinski definition) is 1. The van der Waals surface area contributed by atoms with E-state index in [1.807, 2.05) is 61.5 Å². The zero-order valence-electron chi connectivity index (χ0n) is 14.6. The van der Waals surface area contributed by atoms with Crippen molar-refractivity contribution >= 4 is 5.69 Å². The van der Waals surface area contributed by atoms with E-state index in [2.05, 4.69) is 22.0 Å². The minimum absolute atomic E-state index is 0.00304. The minimum Gasteiger partial charge on any atom is -0.419 e. The predicted octanol–water partition coefficient (Wildman–Crippen LogP) is 3.82. The molecule has 0 aliphatic heterocycles. The minimum atomic E-state index is -0.00304. The number of anilines is 1. The van der Waals surface area contributed by atoms with E-state index in [-0.39, 0.29) is 12.6 Å². The third-order valence-corrected chi connectivity index (χ3v) is 4.25. The quantitative estimate of drug-likeness (QED) is 0.710. The molecule has 1 N–H and O–H groups in total. The SMILES string of the molecule is CCC(CO)N(Cc1nnc(-c2cccc(C)c2)o1)c1ccccc1. The van der Waals surface area contributed by atoms with Gasteiger partial charge in [-0.05, 0) is 37.6 Å². The van der Waals surface area contributed by atoms with Crippen LogP contribution in [0.5, 0.6) is 0 Å². The molecule has 0 aliphatic carbocycles. The van der Waals surface area contributed by atoms with Crippen LogP contribution in [0, 0.1) is 6.92 Å². The van der Waals surface area contributed by atoms with Gasteiger partial charge in [0.2, 0.25) is 11.8 Å². The van der Waals surface area contributed by atoms with Gasteiger partial charge in [-0.3, -0.25) is 0 Å². The van der Waals surface area contributed by atoms with Crippen molar-refractivity contribution in [2.45, 2.75) is 32.9 Å². The van der Waals surface area contributed by atoms with Gasteiger partial charge in [-0.25, -0.2) is 0 Å². The molecule has 25 heavy (non-hydrogen) atoms. The third kappa shape index (κ3) is 4.06. The topological polar surface area (TPSA) is 62.4 Å². The summed E-state index contributed by atoms with van der Waals surface area (Å²) in [6.45, 7) is 4.62. The van der Waals surface area contributed by atoms with Crippen molar-refractivity contribution in [3.05, 3.63) is 66.1 Å². The van der Waals surface area contributed by atoms with Crippen molar-refractivity contribution in [2.75, 3.05) is 11.5 Å². The fourth-order valence-electron chi connectivity index (χ4n) is 2.86. The number of rotatable bonds is 7. The number of aryl methyl sites for hydroxylation is 1. The lowest BCUT2D eigenvalue weighted by Gasteiger charge is -2.30. The monoisotopic (exact) mass is 337 g/mol. The normalized spacial score (nSPS) is 12.1. The summed E-state index contributed by atoms with van der Waals surface area (Å²) in [5.41, 5.74) is 3.09. The van der Waals surface area contributed by atoms with Crippen molar-refractivity contribution in [1.29, 1.82) is 0 Å². The van der Waals surface area contributed by atoms with Gasteiger partial charge >= 0.3 is 0 Å². The van der Waals surface area contributed by atoms with Crippen molar-refractivity contribution in [1.82, 2.24) is 10.2 Å². The van der Waals surface area contributed by atoms with Crippen LogP contribution in [0.15, 0.2) is 59.0 Å². The molecule has 0 radical (unpaired) electrons. The molecule has 1 unspecified atom stereocenters. The number of nitrogens with zero attached hydrogens (tertiary/aromatic N) is 3. The van der Waals surface area contributed by atoms with Gasteiger partial charge in [-0.15, -0.1) is 10.2 Å². The smallest absolute Gasteiger partial charge is 0.247 e. The van der Waals surface area contributed by atoms with Crippen molar-refractivity contribution in [3.63, 3.8) is 0 Å². The maximum atomic E-state index is 9.74. The van der Waals surface area contributed by atoms with Crippen LogP contribution >= 0.6 is 0 Å². The van der Waals surface area contributed by atoms with E-state index in [0.717, 1.165) is 23.2 Å². The van der Waals surface area contributed by atoms with Crippen LogP contribution in [0.25, 0.3) is 11.5 Å². The molecule has 0 fully saturated rings. The van der Waals surface area contributed by atoms with E-state index in [0.29, 0.717) is 18.3 Å².